The lowest BCUT2D eigenvalue weighted by atomic mass is 10.1. The van der Waals surface area contributed by atoms with Crippen molar-refractivity contribution in [3.63, 3.8) is 0 Å². The zero-order valence-corrected chi connectivity index (χ0v) is 22.6. The van der Waals surface area contributed by atoms with Gasteiger partial charge in [0.1, 0.15) is 24.2 Å². The van der Waals surface area contributed by atoms with Crippen LogP contribution in [0.4, 0.5) is 5.82 Å². The van der Waals surface area contributed by atoms with Crippen molar-refractivity contribution in [2.75, 3.05) is 44.8 Å². The third kappa shape index (κ3) is 5.61. The summed E-state index contributed by atoms with van der Waals surface area (Å²) in [5.41, 5.74) is 3.53. The number of ether oxygens (including phenoxy) is 2. The lowest BCUT2D eigenvalue weighted by Gasteiger charge is -2.36. The highest BCUT2D eigenvalue weighted by atomic mass is 16.5. The molecule has 1 aliphatic heterocycles. The summed E-state index contributed by atoms with van der Waals surface area (Å²) in [6.07, 6.45) is 4.41. The first-order valence-corrected chi connectivity index (χ1v) is 13.3. The maximum Gasteiger partial charge on any atom is 0.256 e. The average molecular weight is 541 g/mol. The molecular formula is C30H32N6O4. The lowest BCUT2D eigenvalue weighted by Crippen LogP contribution is -2.50. The molecule has 1 amide bonds. The molecule has 1 saturated heterocycles. The number of nitriles is 1. The molecule has 0 bridgehead atoms. The average Bonchev–Trinajstić information content (AvgIpc) is 3.43. The SMILES string of the molecule is CC[C@H](O)COc1cc(-c2ccc(N3CCN(C(=O)[C@H](OC)c4ccccc4)CC3)nc2)c2c(C#N)cnn2c1. The van der Waals surface area contributed by atoms with Crippen LogP contribution in [0.2, 0.25) is 0 Å². The molecule has 1 aliphatic rings. The van der Waals surface area contributed by atoms with E-state index in [2.05, 4.69) is 16.1 Å². The number of fused-ring (bicyclic) bond motifs is 1. The first-order valence-electron chi connectivity index (χ1n) is 13.3. The van der Waals surface area contributed by atoms with E-state index < -0.39 is 12.2 Å². The molecule has 0 radical (unpaired) electrons. The second-order valence-corrected chi connectivity index (χ2v) is 9.67. The van der Waals surface area contributed by atoms with Gasteiger partial charge in [-0.15, -0.1) is 0 Å². The van der Waals surface area contributed by atoms with Gasteiger partial charge in [-0.2, -0.15) is 10.4 Å². The Balaban J connectivity index is 1.31. The van der Waals surface area contributed by atoms with Crippen LogP contribution in [0.3, 0.4) is 0 Å². The molecule has 10 heteroatoms. The molecule has 40 heavy (non-hydrogen) atoms. The van der Waals surface area contributed by atoms with Crippen molar-refractivity contribution < 1.29 is 19.4 Å². The highest BCUT2D eigenvalue weighted by Gasteiger charge is 2.29. The normalized spacial score (nSPS) is 15.1. The number of pyridine rings is 2. The summed E-state index contributed by atoms with van der Waals surface area (Å²) < 4.78 is 13.0. The monoisotopic (exact) mass is 540 g/mol. The van der Waals surface area contributed by atoms with E-state index in [0.717, 1.165) is 22.5 Å². The number of methoxy groups -OCH3 is 1. The molecule has 1 N–H and O–H groups in total. The molecule has 3 aromatic heterocycles. The van der Waals surface area contributed by atoms with Gasteiger partial charge in [-0.3, -0.25) is 4.79 Å². The van der Waals surface area contributed by atoms with E-state index in [0.29, 0.717) is 49.4 Å². The van der Waals surface area contributed by atoms with Gasteiger partial charge >= 0.3 is 0 Å². The molecule has 0 saturated carbocycles. The van der Waals surface area contributed by atoms with Crippen molar-refractivity contribution in [2.45, 2.75) is 25.6 Å². The second-order valence-electron chi connectivity index (χ2n) is 9.67. The van der Waals surface area contributed by atoms with E-state index >= 15 is 0 Å². The van der Waals surface area contributed by atoms with Crippen molar-refractivity contribution in [1.82, 2.24) is 19.5 Å². The number of rotatable bonds is 9. The summed E-state index contributed by atoms with van der Waals surface area (Å²) >= 11 is 0. The summed E-state index contributed by atoms with van der Waals surface area (Å²) in [6.45, 7) is 4.49. The largest absolute Gasteiger partial charge is 0.489 e. The van der Waals surface area contributed by atoms with Gasteiger partial charge in [0.05, 0.1) is 29.6 Å². The number of hydrogen-bond donors (Lipinski definition) is 1. The molecule has 4 aromatic rings. The maximum absolute atomic E-state index is 13.2. The van der Waals surface area contributed by atoms with E-state index in [9.17, 15) is 15.2 Å². The van der Waals surface area contributed by atoms with Crippen LogP contribution in [0, 0.1) is 11.3 Å². The van der Waals surface area contributed by atoms with Crippen LogP contribution in [-0.2, 0) is 9.53 Å². The van der Waals surface area contributed by atoms with Crippen LogP contribution in [0.15, 0.2) is 67.1 Å². The number of piperazine rings is 1. The van der Waals surface area contributed by atoms with Gasteiger partial charge < -0.3 is 24.4 Å². The maximum atomic E-state index is 13.2. The van der Waals surface area contributed by atoms with Gasteiger partial charge in [-0.1, -0.05) is 37.3 Å². The van der Waals surface area contributed by atoms with E-state index in [1.807, 2.05) is 60.4 Å². The minimum absolute atomic E-state index is 0.0386. The molecule has 1 aromatic carbocycles. The van der Waals surface area contributed by atoms with Gasteiger partial charge in [0.15, 0.2) is 6.10 Å². The number of benzene rings is 1. The minimum atomic E-state index is -0.617. The summed E-state index contributed by atoms with van der Waals surface area (Å²) in [6, 6.07) is 17.5. The Bertz CT molecular complexity index is 1490. The topological polar surface area (TPSA) is 116 Å². The third-order valence-corrected chi connectivity index (χ3v) is 7.16. The number of anilines is 1. The van der Waals surface area contributed by atoms with Crippen LogP contribution in [0.1, 0.15) is 30.6 Å². The molecule has 0 spiro atoms. The van der Waals surface area contributed by atoms with Crippen LogP contribution >= 0.6 is 0 Å². The summed E-state index contributed by atoms with van der Waals surface area (Å²) in [4.78, 5) is 21.9. The highest BCUT2D eigenvalue weighted by Crippen LogP contribution is 2.31. The van der Waals surface area contributed by atoms with Crippen LogP contribution in [-0.4, -0.2) is 76.5 Å². The number of hydrogen-bond acceptors (Lipinski definition) is 8. The summed E-state index contributed by atoms with van der Waals surface area (Å²) in [5, 5.41) is 23.9. The Morgan fingerprint density at radius 2 is 1.90 bits per heavy atom. The fourth-order valence-electron chi connectivity index (χ4n) is 4.85. The molecule has 4 heterocycles. The van der Waals surface area contributed by atoms with Gasteiger partial charge in [-0.05, 0) is 30.2 Å². The zero-order valence-electron chi connectivity index (χ0n) is 22.6. The fraction of sp³-hybridized carbons (Fsp3) is 0.333. The molecule has 206 valence electrons. The Kier molecular flexibility index (Phi) is 8.24. The number of aromatic nitrogens is 3. The van der Waals surface area contributed by atoms with Crippen molar-refractivity contribution in [3.8, 4) is 22.9 Å². The van der Waals surface area contributed by atoms with E-state index in [1.54, 1.807) is 24.0 Å². The summed E-state index contributed by atoms with van der Waals surface area (Å²) in [7, 11) is 1.56. The molecule has 10 nitrogen and oxygen atoms in total. The molecule has 0 unspecified atom stereocenters. The zero-order chi connectivity index (χ0) is 28.1. The van der Waals surface area contributed by atoms with Gasteiger partial charge in [0.2, 0.25) is 0 Å². The Morgan fingerprint density at radius 3 is 2.55 bits per heavy atom. The molecule has 5 rings (SSSR count). The van der Waals surface area contributed by atoms with E-state index in [4.69, 9.17) is 14.5 Å². The van der Waals surface area contributed by atoms with Gasteiger partial charge in [0.25, 0.3) is 5.91 Å². The van der Waals surface area contributed by atoms with E-state index in [-0.39, 0.29) is 12.5 Å². The van der Waals surface area contributed by atoms with Crippen molar-refractivity contribution in [3.05, 3.63) is 78.2 Å². The Morgan fingerprint density at radius 1 is 1.12 bits per heavy atom. The first-order chi connectivity index (χ1) is 19.5. The second kappa shape index (κ2) is 12.2. The molecule has 2 atom stereocenters. The standard InChI is InChI=1S/C30H32N6O4/c1-3-24(37)20-40-25-15-26(28-23(16-31)18-33-36(28)19-25)22-9-10-27(32-17-22)34-11-13-35(14-12-34)30(38)29(39-2)21-7-5-4-6-8-21/h4-10,15,17-19,24,29,37H,3,11-14,20H2,1-2H3/t24-,29+/m0/s1. The predicted octanol–water partition coefficient (Wildman–Crippen LogP) is 3.45. The van der Waals surface area contributed by atoms with Gasteiger partial charge in [0, 0.05) is 50.6 Å². The predicted molar refractivity (Wildman–Crippen MR) is 150 cm³/mol. The van der Waals surface area contributed by atoms with Crippen LogP contribution < -0.4 is 9.64 Å². The Labute approximate surface area is 233 Å². The minimum Gasteiger partial charge on any atom is -0.489 e. The number of aliphatic hydroxyl groups excluding tert-OH is 1. The number of amides is 1. The smallest absolute Gasteiger partial charge is 0.256 e. The summed E-state index contributed by atoms with van der Waals surface area (Å²) in [5.74, 6) is 1.31. The molecule has 0 aliphatic carbocycles. The number of carbonyl (C=O) groups excluding carboxylic acids is 1. The Hall–Kier alpha value is -4.46. The third-order valence-electron chi connectivity index (χ3n) is 7.16. The van der Waals surface area contributed by atoms with Crippen LogP contribution in [0.25, 0.3) is 16.6 Å². The highest BCUT2D eigenvalue weighted by molar-refractivity contribution is 5.85. The first kappa shape index (κ1) is 27.1. The molecule has 1 fully saturated rings. The van der Waals surface area contributed by atoms with Crippen molar-refractivity contribution >= 4 is 17.2 Å². The quantitative estimate of drug-likeness (QED) is 0.343. The van der Waals surface area contributed by atoms with Crippen molar-refractivity contribution in [2.24, 2.45) is 0 Å². The van der Waals surface area contributed by atoms with Crippen LogP contribution in [0.5, 0.6) is 5.75 Å². The number of aliphatic hydroxyl groups is 1. The number of nitrogens with zero attached hydrogens (tertiary/aromatic N) is 6. The van der Waals surface area contributed by atoms with Crippen molar-refractivity contribution in [1.29, 1.82) is 5.26 Å². The lowest BCUT2D eigenvalue weighted by molar-refractivity contribution is -0.142. The molecular weight excluding hydrogens is 508 g/mol. The fourth-order valence-corrected chi connectivity index (χ4v) is 4.85. The van der Waals surface area contributed by atoms with E-state index in [1.165, 1.54) is 6.20 Å². The van der Waals surface area contributed by atoms with Gasteiger partial charge in [-0.25, -0.2) is 9.50 Å². The number of carbonyl (C=O) groups is 1.